The van der Waals surface area contributed by atoms with E-state index in [1.165, 1.54) is 18.4 Å². The van der Waals surface area contributed by atoms with Gasteiger partial charge < -0.3 is 17.0 Å². The minimum atomic E-state index is 0. The molecule has 0 fully saturated rings. The van der Waals surface area contributed by atoms with Crippen LogP contribution in [-0.4, -0.2) is 5.78 Å². The lowest BCUT2D eigenvalue weighted by atomic mass is 10.1. The molecule has 1 aromatic heterocycles. The van der Waals surface area contributed by atoms with E-state index in [0.29, 0.717) is 6.54 Å². The molecule has 0 N–H and O–H groups in total. The van der Waals surface area contributed by atoms with Crippen molar-refractivity contribution in [3.05, 3.63) is 66.0 Å². The van der Waals surface area contributed by atoms with Gasteiger partial charge in [0.1, 0.15) is 0 Å². The van der Waals surface area contributed by atoms with Crippen LogP contribution >= 0.6 is 0 Å². The van der Waals surface area contributed by atoms with Crippen molar-refractivity contribution in [3.8, 4) is 0 Å². The summed E-state index contributed by atoms with van der Waals surface area (Å²) in [7, 11) is 0. The van der Waals surface area contributed by atoms with Gasteiger partial charge in [0.2, 0.25) is 12.3 Å². The number of benzene rings is 1. The standard InChI is InChI=1S/C17H20NO.BrH/c1-2-3-8-15-9-7-12-18(13-15)14-17(19)16-10-5-4-6-11-16;/h4-7,9-13H,2-3,8,14H2,1H3;1H/q+1;/p-1. The number of hydrogen-bond acceptors (Lipinski definition) is 1. The van der Waals surface area contributed by atoms with Crippen LogP contribution in [0.3, 0.4) is 0 Å². The maximum Gasteiger partial charge on any atom is 0.227 e. The molecule has 20 heavy (non-hydrogen) atoms. The zero-order valence-corrected chi connectivity index (χ0v) is 13.3. The summed E-state index contributed by atoms with van der Waals surface area (Å²) in [6.07, 6.45) is 7.50. The Morgan fingerprint density at radius 3 is 2.55 bits per heavy atom. The molecule has 2 rings (SSSR count). The Hall–Kier alpha value is -1.48. The molecule has 3 heteroatoms. The molecule has 0 atom stereocenters. The van der Waals surface area contributed by atoms with Crippen molar-refractivity contribution >= 4 is 5.78 Å². The van der Waals surface area contributed by atoms with E-state index in [1.54, 1.807) is 0 Å². The number of nitrogens with zero attached hydrogens (tertiary/aromatic N) is 1. The van der Waals surface area contributed by atoms with Crippen LogP contribution in [0.4, 0.5) is 0 Å². The molecule has 0 spiro atoms. The molecule has 0 saturated carbocycles. The molecule has 0 aliphatic rings. The minimum absolute atomic E-state index is 0. The highest BCUT2D eigenvalue weighted by atomic mass is 79.9. The Morgan fingerprint density at radius 2 is 1.85 bits per heavy atom. The molecule has 2 nitrogen and oxygen atoms in total. The van der Waals surface area contributed by atoms with E-state index in [1.807, 2.05) is 47.2 Å². The van der Waals surface area contributed by atoms with E-state index in [9.17, 15) is 4.79 Å². The number of unbranched alkanes of at least 4 members (excludes halogenated alkanes) is 1. The lowest BCUT2D eigenvalue weighted by molar-refractivity contribution is -0.683. The van der Waals surface area contributed by atoms with E-state index in [0.717, 1.165) is 12.0 Å². The number of aryl methyl sites for hydroxylation is 1. The van der Waals surface area contributed by atoms with Crippen molar-refractivity contribution in [1.82, 2.24) is 0 Å². The number of pyridine rings is 1. The van der Waals surface area contributed by atoms with Gasteiger partial charge in [-0.05, 0) is 18.9 Å². The summed E-state index contributed by atoms with van der Waals surface area (Å²) in [6.45, 7) is 2.60. The van der Waals surface area contributed by atoms with Gasteiger partial charge in [-0.1, -0.05) is 43.7 Å². The summed E-state index contributed by atoms with van der Waals surface area (Å²) in [5.41, 5.74) is 2.07. The van der Waals surface area contributed by atoms with E-state index in [4.69, 9.17) is 0 Å². The summed E-state index contributed by atoms with van der Waals surface area (Å²) in [5.74, 6) is 0.151. The first-order chi connectivity index (χ1) is 9.29. The zero-order chi connectivity index (χ0) is 13.5. The minimum Gasteiger partial charge on any atom is -1.00 e. The molecular formula is C17H20BrNO. The van der Waals surface area contributed by atoms with E-state index >= 15 is 0 Å². The van der Waals surface area contributed by atoms with Gasteiger partial charge in [-0.15, -0.1) is 0 Å². The maximum atomic E-state index is 12.1. The van der Waals surface area contributed by atoms with Crippen molar-refractivity contribution in [2.45, 2.75) is 32.7 Å². The normalized spacial score (nSPS) is 9.85. The fourth-order valence-corrected chi connectivity index (χ4v) is 2.08. The first kappa shape index (κ1) is 16.6. The highest BCUT2D eigenvalue weighted by Crippen LogP contribution is 2.03. The summed E-state index contributed by atoms with van der Waals surface area (Å²) in [4.78, 5) is 12.1. The number of hydrogen-bond donors (Lipinski definition) is 0. The maximum absolute atomic E-state index is 12.1. The molecule has 0 unspecified atom stereocenters. The number of rotatable bonds is 6. The molecule has 0 radical (unpaired) electrons. The molecule has 0 aliphatic carbocycles. The Bertz CT molecular complexity index is 540. The molecule has 0 bridgehead atoms. The third-order valence-electron chi connectivity index (χ3n) is 3.16. The Kier molecular flexibility index (Phi) is 7.16. The average Bonchev–Trinajstić information content (AvgIpc) is 2.46. The predicted octanol–water partition coefficient (Wildman–Crippen LogP) is 0.204. The topological polar surface area (TPSA) is 20.9 Å². The van der Waals surface area contributed by atoms with Crippen molar-refractivity contribution in [2.75, 3.05) is 0 Å². The Balaban J connectivity index is 0.00000200. The van der Waals surface area contributed by atoms with Crippen LogP contribution in [0.2, 0.25) is 0 Å². The van der Waals surface area contributed by atoms with Gasteiger partial charge in [0.15, 0.2) is 12.4 Å². The number of carbonyl (C=O) groups is 1. The van der Waals surface area contributed by atoms with Crippen LogP contribution in [0.25, 0.3) is 0 Å². The lowest BCUT2D eigenvalue weighted by Gasteiger charge is -2.00. The van der Waals surface area contributed by atoms with Crippen molar-refractivity contribution in [2.24, 2.45) is 0 Å². The molecule has 106 valence electrons. The highest BCUT2D eigenvalue weighted by Gasteiger charge is 2.11. The van der Waals surface area contributed by atoms with E-state index < -0.39 is 0 Å². The summed E-state index contributed by atoms with van der Waals surface area (Å²) >= 11 is 0. The molecule has 0 aliphatic heterocycles. The Labute approximate surface area is 131 Å². The summed E-state index contributed by atoms with van der Waals surface area (Å²) in [6, 6.07) is 13.6. The van der Waals surface area contributed by atoms with Gasteiger partial charge in [0.05, 0.1) is 0 Å². The number of carbonyl (C=O) groups excluding carboxylic acids is 1. The SMILES string of the molecule is CCCCc1ccc[n+](CC(=O)c2ccccc2)c1.[Br-]. The van der Waals surface area contributed by atoms with Crippen LogP contribution in [0.1, 0.15) is 35.7 Å². The second kappa shape index (κ2) is 8.64. The van der Waals surface area contributed by atoms with Crippen LogP contribution in [0, 0.1) is 0 Å². The predicted molar refractivity (Wildman–Crippen MR) is 76.0 cm³/mol. The first-order valence-electron chi connectivity index (χ1n) is 6.86. The van der Waals surface area contributed by atoms with Crippen molar-refractivity contribution in [1.29, 1.82) is 0 Å². The molecule has 2 aromatic rings. The smallest absolute Gasteiger partial charge is 0.227 e. The third-order valence-corrected chi connectivity index (χ3v) is 3.16. The van der Waals surface area contributed by atoms with Crippen LogP contribution in [0.15, 0.2) is 54.9 Å². The quantitative estimate of drug-likeness (QED) is 0.546. The van der Waals surface area contributed by atoms with Gasteiger partial charge in [0.25, 0.3) is 0 Å². The van der Waals surface area contributed by atoms with Crippen molar-refractivity contribution < 1.29 is 26.3 Å². The highest BCUT2D eigenvalue weighted by molar-refractivity contribution is 5.94. The van der Waals surface area contributed by atoms with Crippen LogP contribution < -0.4 is 21.5 Å². The second-order valence-corrected chi connectivity index (χ2v) is 4.78. The van der Waals surface area contributed by atoms with Gasteiger partial charge in [-0.3, -0.25) is 4.79 Å². The molecule has 1 aromatic carbocycles. The number of ketones is 1. The van der Waals surface area contributed by atoms with Gasteiger partial charge in [-0.25, -0.2) is 0 Å². The molecular weight excluding hydrogens is 314 g/mol. The van der Waals surface area contributed by atoms with Crippen molar-refractivity contribution in [3.63, 3.8) is 0 Å². The second-order valence-electron chi connectivity index (χ2n) is 4.78. The third kappa shape index (κ3) is 4.89. The summed E-state index contributed by atoms with van der Waals surface area (Å²) in [5, 5.41) is 0. The largest absolute Gasteiger partial charge is 1.00 e. The fraction of sp³-hybridized carbons (Fsp3) is 0.294. The molecule has 0 saturated heterocycles. The van der Waals surface area contributed by atoms with E-state index in [-0.39, 0.29) is 22.8 Å². The Morgan fingerprint density at radius 1 is 1.10 bits per heavy atom. The van der Waals surface area contributed by atoms with Crippen LogP contribution in [0.5, 0.6) is 0 Å². The van der Waals surface area contributed by atoms with Gasteiger partial charge >= 0.3 is 0 Å². The van der Waals surface area contributed by atoms with E-state index in [2.05, 4.69) is 19.2 Å². The summed E-state index contributed by atoms with van der Waals surface area (Å²) < 4.78 is 1.97. The van der Waals surface area contributed by atoms with Crippen LogP contribution in [-0.2, 0) is 13.0 Å². The lowest BCUT2D eigenvalue weighted by Crippen LogP contribution is -3.00. The molecule has 0 amide bonds. The number of aromatic nitrogens is 1. The number of halogens is 1. The zero-order valence-electron chi connectivity index (χ0n) is 11.8. The van der Waals surface area contributed by atoms with Gasteiger partial charge in [0, 0.05) is 17.2 Å². The average molecular weight is 334 g/mol. The fourth-order valence-electron chi connectivity index (χ4n) is 2.08. The van der Waals surface area contributed by atoms with Gasteiger partial charge in [-0.2, -0.15) is 4.57 Å². The number of Topliss-reactive ketones (excluding diaryl/α,β-unsaturated/α-hetero) is 1. The molecule has 1 heterocycles. The first-order valence-corrected chi connectivity index (χ1v) is 6.86. The monoisotopic (exact) mass is 333 g/mol.